The van der Waals surface area contributed by atoms with Crippen molar-refractivity contribution in [1.29, 1.82) is 0 Å². The Morgan fingerprint density at radius 2 is 2.18 bits per heavy atom. The van der Waals surface area contributed by atoms with E-state index < -0.39 is 15.2 Å². The first-order valence-corrected chi connectivity index (χ1v) is 7.23. The lowest BCUT2D eigenvalue weighted by Crippen LogP contribution is -2.08. The molecule has 0 unspecified atom stereocenters. The number of benzene rings is 1. The topological polar surface area (TPSA) is 72.5 Å². The van der Waals surface area contributed by atoms with Gasteiger partial charge in [0.2, 0.25) is 0 Å². The standard InChI is InChI=1S/C10H12ClNO4S/c1-2-6-16-10(13)8-4-3-5-9(7-8)12-17(11,14)15/h3-5,7,12H,2,6H2,1H3. The SMILES string of the molecule is CCCOC(=O)c1cccc(NS(=O)(=O)Cl)c1. The van der Waals surface area contributed by atoms with Crippen molar-refractivity contribution in [2.45, 2.75) is 13.3 Å². The molecule has 94 valence electrons. The van der Waals surface area contributed by atoms with Crippen molar-refractivity contribution in [2.24, 2.45) is 0 Å². The minimum Gasteiger partial charge on any atom is -0.462 e. The summed E-state index contributed by atoms with van der Waals surface area (Å²) >= 11 is 0. The van der Waals surface area contributed by atoms with E-state index in [1.807, 2.05) is 6.92 Å². The molecular formula is C10H12ClNO4S. The van der Waals surface area contributed by atoms with Crippen molar-refractivity contribution >= 4 is 31.6 Å². The molecule has 0 atom stereocenters. The Bertz CT molecular complexity index is 501. The molecule has 0 aliphatic carbocycles. The maximum absolute atomic E-state index is 11.5. The first kappa shape index (κ1) is 13.8. The largest absolute Gasteiger partial charge is 0.462 e. The van der Waals surface area contributed by atoms with E-state index in [1.54, 1.807) is 0 Å². The number of anilines is 1. The summed E-state index contributed by atoms with van der Waals surface area (Å²) in [5.74, 6) is -0.498. The lowest BCUT2D eigenvalue weighted by Gasteiger charge is -2.05. The number of rotatable bonds is 5. The number of halogens is 1. The van der Waals surface area contributed by atoms with Crippen LogP contribution in [0.4, 0.5) is 5.69 Å². The van der Waals surface area contributed by atoms with E-state index in [2.05, 4.69) is 4.72 Å². The monoisotopic (exact) mass is 277 g/mol. The molecule has 5 nitrogen and oxygen atoms in total. The molecule has 1 aromatic carbocycles. The van der Waals surface area contributed by atoms with Crippen molar-refractivity contribution in [3.05, 3.63) is 29.8 Å². The van der Waals surface area contributed by atoms with Gasteiger partial charge < -0.3 is 4.74 Å². The Kier molecular flexibility index (Phi) is 4.77. The van der Waals surface area contributed by atoms with Gasteiger partial charge in [0.1, 0.15) is 0 Å². The molecule has 1 rings (SSSR count). The number of carbonyl (C=O) groups excluding carboxylic acids is 1. The molecule has 0 spiro atoms. The highest BCUT2D eigenvalue weighted by Gasteiger charge is 2.09. The van der Waals surface area contributed by atoms with Gasteiger partial charge >= 0.3 is 15.2 Å². The van der Waals surface area contributed by atoms with Gasteiger partial charge in [0.05, 0.1) is 17.9 Å². The molecule has 0 saturated carbocycles. The van der Waals surface area contributed by atoms with E-state index in [1.165, 1.54) is 24.3 Å². The van der Waals surface area contributed by atoms with Crippen molar-refractivity contribution in [3.8, 4) is 0 Å². The van der Waals surface area contributed by atoms with Crippen LogP contribution in [0, 0.1) is 0 Å². The second-order valence-electron chi connectivity index (χ2n) is 3.26. The van der Waals surface area contributed by atoms with E-state index in [0.29, 0.717) is 6.61 Å². The number of hydrogen-bond donors (Lipinski definition) is 1. The van der Waals surface area contributed by atoms with Crippen LogP contribution in [-0.4, -0.2) is 21.0 Å². The Morgan fingerprint density at radius 3 is 2.76 bits per heavy atom. The van der Waals surface area contributed by atoms with Gasteiger partial charge in [-0.25, -0.2) is 4.79 Å². The third kappa shape index (κ3) is 5.06. The Hall–Kier alpha value is -1.27. The van der Waals surface area contributed by atoms with Gasteiger partial charge in [-0.1, -0.05) is 13.0 Å². The number of nitrogens with one attached hydrogen (secondary N) is 1. The summed E-state index contributed by atoms with van der Waals surface area (Å²) in [5, 5.41) is 0. The normalized spacial score (nSPS) is 10.9. The highest BCUT2D eigenvalue weighted by molar-refractivity contribution is 8.14. The Morgan fingerprint density at radius 1 is 1.47 bits per heavy atom. The Labute approximate surface area is 104 Å². The zero-order valence-electron chi connectivity index (χ0n) is 9.14. The maximum Gasteiger partial charge on any atom is 0.338 e. The highest BCUT2D eigenvalue weighted by atomic mass is 35.7. The predicted molar refractivity (Wildman–Crippen MR) is 65.4 cm³/mol. The Balaban J connectivity index is 2.82. The molecule has 0 amide bonds. The van der Waals surface area contributed by atoms with Gasteiger partial charge in [-0.2, -0.15) is 8.42 Å². The lowest BCUT2D eigenvalue weighted by molar-refractivity contribution is 0.0505. The molecule has 0 radical (unpaired) electrons. The van der Waals surface area contributed by atoms with Crippen LogP contribution in [0.25, 0.3) is 0 Å². The molecule has 0 aromatic heterocycles. The predicted octanol–water partition coefficient (Wildman–Crippen LogP) is 2.15. The number of hydrogen-bond acceptors (Lipinski definition) is 4. The molecule has 0 bridgehead atoms. The van der Waals surface area contributed by atoms with Crippen LogP contribution in [0.15, 0.2) is 24.3 Å². The smallest absolute Gasteiger partial charge is 0.338 e. The molecule has 0 heterocycles. The summed E-state index contributed by atoms with van der Waals surface area (Å²) in [6.07, 6.45) is 0.722. The molecule has 0 aliphatic heterocycles. The molecule has 0 saturated heterocycles. The minimum absolute atomic E-state index is 0.214. The van der Waals surface area contributed by atoms with Crippen molar-refractivity contribution in [2.75, 3.05) is 11.3 Å². The quantitative estimate of drug-likeness (QED) is 0.661. The summed E-state index contributed by atoms with van der Waals surface area (Å²) in [5.41, 5.74) is 0.481. The summed E-state index contributed by atoms with van der Waals surface area (Å²) in [7, 11) is 1.16. The summed E-state index contributed by atoms with van der Waals surface area (Å²) in [4.78, 5) is 11.5. The zero-order valence-corrected chi connectivity index (χ0v) is 10.7. The van der Waals surface area contributed by atoms with Gasteiger partial charge in [-0.15, -0.1) is 0 Å². The minimum atomic E-state index is -3.87. The van der Waals surface area contributed by atoms with Crippen LogP contribution >= 0.6 is 10.7 Å². The second-order valence-corrected chi connectivity index (χ2v) is 5.56. The van der Waals surface area contributed by atoms with Crippen molar-refractivity contribution in [1.82, 2.24) is 0 Å². The van der Waals surface area contributed by atoms with Crippen LogP contribution in [0.5, 0.6) is 0 Å². The molecule has 0 fully saturated rings. The molecule has 17 heavy (non-hydrogen) atoms. The number of ether oxygens (including phenoxy) is 1. The fourth-order valence-corrected chi connectivity index (χ4v) is 1.80. The van der Waals surface area contributed by atoms with E-state index in [0.717, 1.165) is 6.42 Å². The van der Waals surface area contributed by atoms with Crippen LogP contribution in [-0.2, 0) is 14.0 Å². The maximum atomic E-state index is 11.5. The molecule has 1 aromatic rings. The van der Waals surface area contributed by atoms with Gasteiger partial charge in [0.15, 0.2) is 0 Å². The van der Waals surface area contributed by atoms with Crippen LogP contribution in [0.2, 0.25) is 0 Å². The van der Waals surface area contributed by atoms with Crippen molar-refractivity contribution < 1.29 is 17.9 Å². The first-order chi connectivity index (χ1) is 7.92. The molecule has 0 aliphatic rings. The van der Waals surface area contributed by atoms with Gasteiger partial charge in [-0.3, -0.25) is 4.72 Å². The van der Waals surface area contributed by atoms with Crippen molar-refractivity contribution in [3.63, 3.8) is 0 Å². The average molecular weight is 278 g/mol. The summed E-state index contributed by atoms with van der Waals surface area (Å²) in [6.45, 7) is 2.20. The number of esters is 1. The van der Waals surface area contributed by atoms with Gasteiger partial charge in [-0.05, 0) is 24.6 Å². The van der Waals surface area contributed by atoms with E-state index in [9.17, 15) is 13.2 Å². The third-order valence-electron chi connectivity index (χ3n) is 1.78. The molecule has 1 N–H and O–H groups in total. The van der Waals surface area contributed by atoms with E-state index in [4.69, 9.17) is 15.4 Å². The number of carbonyl (C=O) groups is 1. The summed E-state index contributed by atoms with van der Waals surface area (Å²) in [6, 6.07) is 5.91. The van der Waals surface area contributed by atoms with Crippen LogP contribution in [0.3, 0.4) is 0 Å². The zero-order chi connectivity index (χ0) is 12.9. The van der Waals surface area contributed by atoms with Crippen LogP contribution < -0.4 is 4.72 Å². The summed E-state index contributed by atoms with van der Waals surface area (Å²) < 4.78 is 28.6. The fraction of sp³-hybridized carbons (Fsp3) is 0.300. The fourth-order valence-electron chi connectivity index (χ4n) is 1.13. The van der Waals surface area contributed by atoms with Gasteiger partial charge in [0, 0.05) is 10.7 Å². The molecular weight excluding hydrogens is 266 g/mol. The average Bonchev–Trinajstić information content (AvgIpc) is 2.24. The first-order valence-electron chi connectivity index (χ1n) is 4.92. The third-order valence-corrected chi connectivity index (χ3v) is 2.49. The second kappa shape index (κ2) is 5.88. The van der Waals surface area contributed by atoms with E-state index >= 15 is 0 Å². The van der Waals surface area contributed by atoms with E-state index in [-0.39, 0.29) is 11.3 Å². The van der Waals surface area contributed by atoms with Crippen LogP contribution in [0.1, 0.15) is 23.7 Å². The molecule has 7 heteroatoms. The van der Waals surface area contributed by atoms with Gasteiger partial charge in [0.25, 0.3) is 0 Å². The highest BCUT2D eigenvalue weighted by Crippen LogP contribution is 2.14. The lowest BCUT2D eigenvalue weighted by atomic mass is 10.2.